The van der Waals surface area contributed by atoms with Crippen molar-refractivity contribution in [2.45, 2.75) is 19.9 Å². The molecule has 1 N–H and O–H groups in total. The van der Waals surface area contributed by atoms with Crippen LogP contribution in [-0.4, -0.2) is 17.4 Å². The number of rotatable bonds is 6. The summed E-state index contributed by atoms with van der Waals surface area (Å²) in [4.78, 5) is 22.3. The number of nitrogens with one attached hydrogen (secondary N) is 1. The Bertz CT molecular complexity index is 698. The first kappa shape index (κ1) is 16.5. The molecule has 1 atom stereocenters. The Hall–Kier alpha value is -2.89. The van der Waals surface area contributed by atoms with Crippen molar-refractivity contribution in [3.05, 3.63) is 69.8 Å². The zero-order valence-corrected chi connectivity index (χ0v) is 13.0. The third-order valence-electron chi connectivity index (χ3n) is 3.38. The molecule has 0 radical (unpaired) electrons. The van der Waals surface area contributed by atoms with E-state index in [0.29, 0.717) is 0 Å². The van der Waals surface area contributed by atoms with Crippen LogP contribution < -0.4 is 10.1 Å². The highest BCUT2D eigenvalue weighted by Gasteiger charge is 2.16. The van der Waals surface area contributed by atoms with E-state index in [1.807, 2.05) is 38.1 Å². The molecule has 0 aromatic heterocycles. The molecule has 0 aliphatic carbocycles. The summed E-state index contributed by atoms with van der Waals surface area (Å²) >= 11 is 0. The SMILES string of the molecule is Cc1ccc(C(C)NC(=O)COc2ccccc2[N+](=O)[O-])cc1. The third-order valence-corrected chi connectivity index (χ3v) is 3.38. The number of nitro benzene ring substituents is 1. The number of para-hydroxylation sites is 2. The van der Waals surface area contributed by atoms with Gasteiger partial charge >= 0.3 is 5.69 Å². The minimum Gasteiger partial charge on any atom is -0.477 e. The molecular weight excluding hydrogens is 296 g/mol. The van der Waals surface area contributed by atoms with Crippen molar-refractivity contribution >= 4 is 11.6 Å². The molecule has 0 fully saturated rings. The molecule has 120 valence electrons. The van der Waals surface area contributed by atoms with E-state index in [4.69, 9.17) is 4.74 Å². The van der Waals surface area contributed by atoms with E-state index < -0.39 is 4.92 Å². The Morgan fingerprint density at radius 3 is 2.52 bits per heavy atom. The summed E-state index contributed by atoms with van der Waals surface area (Å²) in [5.74, 6) is -0.258. The smallest absolute Gasteiger partial charge is 0.310 e. The molecule has 1 unspecified atom stereocenters. The van der Waals surface area contributed by atoms with E-state index in [2.05, 4.69) is 5.32 Å². The van der Waals surface area contributed by atoms with Crippen LogP contribution in [-0.2, 0) is 4.79 Å². The largest absolute Gasteiger partial charge is 0.477 e. The number of nitrogens with zero attached hydrogens (tertiary/aromatic N) is 1. The summed E-state index contributed by atoms with van der Waals surface area (Å²) in [6.07, 6.45) is 0. The molecule has 0 heterocycles. The summed E-state index contributed by atoms with van der Waals surface area (Å²) in [5.41, 5.74) is 1.97. The van der Waals surface area contributed by atoms with Gasteiger partial charge in [-0.25, -0.2) is 0 Å². The van der Waals surface area contributed by atoms with Crippen molar-refractivity contribution in [1.82, 2.24) is 5.32 Å². The van der Waals surface area contributed by atoms with Gasteiger partial charge in [0.1, 0.15) is 0 Å². The first-order valence-electron chi connectivity index (χ1n) is 7.19. The molecule has 0 bridgehead atoms. The monoisotopic (exact) mass is 314 g/mol. The van der Waals surface area contributed by atoms with Crippen LogP contribution in [0.1, 0.15) is 24.1 Å². The maximum atomic E-state index is 11.9. The summed E-state index contributed by atoms with van der Waals surface area (Å²) in [6.45, 7) is 3.59. The molecule has 6 heteroatoms. The summed E-state index contributed by atoms with van der Waals surface area (Å²) < 4.78 is 5.26. The quantitative estimate of drug-likeness (QED) is 0.656. The fourth-order valence-electron chi connectivity index (χ4n) is 2.09. The van der Waals surface area contributed by atoms with Gasteiger partial charge in [-0.2, -0.15) is 0 Å². The Balaban J connectivity index is 1.93. The third kappa shape index (κ3) is 4.54. The number of carbonyl (C=O) groups is 1. The first-order chi connectivity index (χ1) is 11.0. The lowest BCUT2D eigenvalue weighted by Gasteiger charge is -2.15. The number of ether oxygens (including phenoxy) is 1. The Labute approximate surface area is 134 Å². The zero-order chi connectivity index (χ0) is 16.8. The van der Waals surface area contributed by atoms with Crippen LogP contribution in [0, 0.1) is 17.0 Å². The molecule has 0 saturated carbocycles. The highest BCUT2D eigenvalue weighted by Crippen LogP contribution is 2.25. The molecule has 2 aromatic rings. The van der Waals surface area contributed by atoms with Crippen molar-refractivity contribution in [3.8, 4) is 5.75 Å². The van der Waals surface area contributed by atoms with Crippen molar-refractivity contribution in [2.24, 2.45) is 0 Å². The second-order valence-electron chi connectivity index (χ2n) is 5.21. The molecule has 2 aromatic carbocycles. The van der Waals surface area contributed by atoms with Crippen LogP contribution in [0.3, 0.4) is 0 Å². The van der Waals surface area contributed by atoms with Crippen molar-refractivity contribution in [3.63, 3.8) is 0 Å². The van der Waals surface area contributed by atoms with Gasteiger partial charge < -0.3 is 10.1 Å². The minimum atomic E-state index is -0.540. The van der Waals surface area contributed by atoms with Gasteiger partial charge in [-0.15, -0.1) is 0 Å². The normalized spacial score (nSPS) is 11.6. The van der Waals surface area contributed by atoms with Crippen molar-refractivity contribution < 1.29 is 14.5 Å². The molecule has 23 heavy (non-hydrogen) atoms. The molecular formula is C17H18N2O4. The van der Waals surface area contributed by atoms with Crippen LogP contribution in [0.25, 0.3) is 0 Å². The van der Waals surface area contributed by atoms with Gasteiger partial charge in [-0.3, -0.25) is 14.9 Å². The number of nitro groups is 1. The van der Waals surface area contributed by atoms with Crippen LogP contribution in [0.2, 0.25) is 0 Å². The fourth-order valence-corrected chi connectivity index (χ4v) is 2.09. The van der Waals surface area contributed by atoms with Crippen LogP contribution in [0.15, 0.2) is 48.5 Å². The molecule has 1 amide bonds. The lowest BCUT2D eigenvalue weighted by molar-refractivity contribution is -0.385. The van der Waals surface area contributed by atoms with Crippen LogP contribution >= 0.6 is 0 Å². The minimum absolute atomic E-state index is 0.0793. The molecule has 0 aliphatic rings. The lowest BCUT2D eigenvalue weighted by Crippen LogP contribution is -2.31. The fraction of sp³-hybridized carbons (Fsp3) is 0.235. The lowest BCUT2D eigenvalue weighted by atomic mass is 10.1. The maximum absolute atomic E-state index is 11.9. The standard InChI is InChI=1S/C17H18N2O4/c1-12-7-9-14(10-8-12)13(2)18-17(20)11-23-16-6-4-3-5-15(16)19(21)22/h3-10,13H,11H2,1-2H3,(H,18,20). The average molecular weight is 314 g/mol. The molecule has 6 nitrogen and oxygen atoms in total. The van der Waals surface area contributed by atoms with Gasteiger partial charge in [0.15, 0.2) is 12.4 Å². The van der Waals surface area contributed by atoms with E-state index in [1.54, 1.807) is 12.1 Å². The van der Waals surface area contributed by atoms with Gasteiger partial charge in [-0.1, -0.05) is 42.0 Å². The highest BCUT2D eigenvalue weighted by atomic mass is 16.6. The van der Waals surface area contributed by atoms with Crippen LogP contribution in [0.4, 0.5) is 5.69 Å². The number of aryl methyl sites for hydroxylation is 1. The van der Waals surface area contributed by atoms with E-state index in [1.165, 1.54) is 12.1 Å². The first-order valence-corrected chi connectivity index (χ1v) is 7.19. The second kappa shape index (κ2) is 7.40. The number of hydrogen-bond donors (Lipinski definition) is 1. The van der Waals surface area contributed by atoms with E-state index in [0.717, 1.165) is 11.1 Å². The average Bonchev–Trinajstić information content (AvgIpc) is 2.53. The van der Waals surface area contributed by atoms with Gasteiger partial charge in [0.05, 0.1) is 11.0 Å². The number of amides is 1. The topological polar surface area (TPSA) is 81.5 Å². The Morgan fingerprint density at radius 2 is 1.87 bits per heavy atom. The van der Waals surface area contributed by atoms with E-state index >= 15 is 0 Å². The van der Waals surface area contributed by atoms with Gasteiger partial charge in [-0.05, 0) is 25.5 Å². The highest BCUT2D eigenvalue weighted by molar-refractivity contribution is 5.78. The van der Waals surface area contributed by atoms with Gasteiger partial charge in [0, 0.05) is 6.07 Å². The van der Waals surface area contributed by atoms with Crippen molar-refractivity contribution in [1.29, 1.82) is 0 Å². The molecule has 0 saturated heterocycles. The summed E-state index contributed by atoms with van der Waals surface area (Å²) in [6, 6.07) is 13.6. The zero-order valence-electron chi connectivity index (χ0n) is 13.0. The van der Waals surface area contributed by atoms with E-state index in [-0.39, 0.29) is 30.0 Å². The van der Waals surface area contributed by atoms with Crippen LogP contribution in [0.5, 0.6) is 5.75 Å². The maximum Gasteiger partial charge on any atom is 0.310 e. The van der Waals surface area contributed by atoms with Gasteiger partial charge in [0.25, 0.3) is 5.91 Å². The number of carbonyl (C=O) groups excluding carboxylic acids is 1. The Morgan fingerprint density at radius 1 is 1.22 bits per heavy atom. The molecule has 0 spiro atoms. The Kier molecular flexibility index (Phi) is 5.30. The predicted molar refractivity (Wildman–Crippen MR) is 86.3 cm³/mol. The molecule has 2 rings (SSSR count). The predicted octanol–water partition coefficient (Wildman–Crippen LogP) is 3.16. The van der Waals surface area contributed by atoms with Gasteiger partial charge in [0.2, 0.25) is 0 Å². The number of hydrogen-bond acceptors (Lipinski definition) is 4. The second-order valence-corrected chi connectivity index (χ2v) is 5.21. The van der Waals surface area contributed by atoms with Crippen molar-refractivity contribution in [2.75, 3.05) is 6.61 Å². The molecule has 0 aliphatic heterocycles. The summed E-state index contributed by atoms with van der Waals surface area (Å²) in [7, 11) is 0. The summed E-state index contributed by atoms with van der Waals surface area (Å²) in [5, 5.41) is 13.7. The number of benzene rings is 2. The van der Waals surface area contributed by atoms with E-state index in [9.17, 15) is 14.9 Å².